The van der Waals surface area contributed by atoms with Crippen LogP contribution in [0.4, 0.5) is 0 Å². The standard InChI is InChI=1S/C15H15NO3/c1-18-9-19-14-7-10(8-17)6-12-11-4-2-3-5-13(11)16-15(12)14/h2-7,16-17H,8-9H2,1H3. The number of methoxy groups -OCH3 is 1. The van der Waals surface area contributed by atoms with Crippen molar-refractivity contribution in [2.24, 2.45) is 0 Å². The maximum Gasteiger partial charge on any atom is 0.188 e. The molecule has 0 aliphatic carbocycles. The lowest BCUT2D eigenvalue weighted by Crippen LogP contribution is -2.00. The number of benzene rings is 2. The van der Waals surface area contributed by atoms with E-state index in [1.165, 1.54) is 0 Å². The number of aromatic nitrogens is 1. The van der Waals surface area contributed by atoms with Crippen molar-refractivity contribution < 1.29 is 14.6 Å². The molecule has 1 aromatic heterocycles. The Balaban J connectivity index is 2.28. The zero-order valence-electron chi connectivity index (χ0n) is 10.6. The van der Waals surface area contributed by atoms with Gasteiger partial charge in [0.15, 0.2) is 6.79 Å². The van der Waals surface area contributed by atoms with Gasteiger partial charge in [0.2, 0.25) is 0 Å². The van der Waals surface area contributed by atoms with Crippen molar-refractivity contribution in [1.82, 2.24) is 4.98 Å². The van der Waals surface area contributed by atoms with E-state index in [-0.39, 0.29) is 13.4 Å². The van der Waals surface area contributed by atoms with Crippen LogP contribution in [0, 0.1) is 0 Å². The van der Waals surface area contributed by atoms with Gasteiger partial charge < -0.3 is 19.6 Å². The number of ether oxygens (including phenoxy) is 2. The van der Waals surface area contributed by atoms with E-state index in [4.69, 9.17) is 9.47 Å². The van der Waals surface area contributed by atoms with Crippen molar-refractivity contribution in [3.8, 4) is 5.75 Å². The molecule has 98 valence electrons. The van der Waals surface area contributed by atoms with Crippen molar-refractivity contribution in [3.63, 3.8) is 0 Å². The predicted molar refractivity (Wildman–Crippen MR) is 74.2 cm³/mol. The summed E-state index contributed by atoms with van der Waals surface area (Å²) in [7, 11) is 1.58. The molecular weight excluding hydrogens is 242 g/mol. The molecule has 0 atom stereocenters. The molecule has 0 spiro atoms. The van der Waals surface area contributed by atoms with Crippen LogP contribution in [0.15, 0.2) is 36.4 Å². The number of aliphatic hydroxyl groups is 1. The van der Waals surface area contributed by atoms with Crippen molar-refractivity contribution in [2.45, 2.75) is 6.61 Å². The topological polar surface area (TPSA) is 54.5 Å². The molecule has 2 N–H and O–H groups in total. The molecule has 0 amide bonds. The van der Waals surface area contributed by atoms with E-state index in [9.17, 15) is 5.11 Å². The number of nitrogens with one attached hydrogen (secondary N) is 1. The SMILES string of the molecule is COCOc1cc(CO)cc2c1[nH]c1ccccc12. The van der Waals surface area contributed by atoms with E-state index >= 15 is 0 Å². The van der Waals surface area contributed by atoms with Gasteiger partial charge in [0, 0.05) is 23.4 Å². The second kappa shape index (κ2) is 4.91. The normalized spacial score (nSPS) is 11.3. The third-order valence-electron chi connectivity index (χ3n) is 3.15. The second-order valence-electron chi connectivity index (χ2n) is 4.40. The number of hydrogen-bond acceptors (Lipinski definition) is 3. The Bertz CT molecular complexity index is 718. The first kappa shape index (κ1) is 12.0. The molecule has 0 aliphatic heterocycles. The number of hydrogen-bond donors (Lipinski definition) is 2. The quantitative estimate of drug-likeness (QED) is 0.707. The predicted octanol–water partition coefficient (Wildman–Crippen LogP) is 2.80. The lowest BCUT2D eigenvalue weighted by atomic mass is 10.1. The number of rotatable bonds is 4. The smallest absolute Gasteiger partial charge is 0.188 e. The molecule has 0 saturated carbocycles. The van der Waals surface area contributed by atoms with Gasteiger partial charge in [0.05, 0.1) is 12.1 Å². The first-order valence-electron chi connectivity index (χ1n) is 6.09. The van der Waals surface area contributed by atoms with Gasteiger partial charge in [-0.05, 0) is 23.8 Å². The van der Waals surface area contributed by atoms with E-state index in [1.807, 2.05) is 30.3 Å². The van der Waals surface area contributed by atoms with Crippen LogP contribution in [0.3, 0.4) is 0 Å². The Kier molecular flexibility index (Phi) is 3.11. The van der Waals surface area contributed by atoms with E-state index in [2.05, 4.69) is 11.1 Å². The van der Waals surface area contributed by atoms with Crippen LogP contribution in [0.2, 0.25) is 0 Å². The number of fused-ring (bicyclic) bond motifs is 3. The molecule has 3 aromatic rings. The fraction of sp³-hybridized carbons (Fsp3) is 0.200. The van der Waals surface area contributed by atoms with E-state index in [0.29, 0.717) is 5.75 Å². The number of aromatic amines is 1. The molecule has 4 heteroatoms. The van der Waals surface area contributed by atoms with Crippen LogP contribution < -0.4 is 4.74 Å². The summed E-state index contributed by atoms with van der Waals surface area (Å²) in [5.41, 5.74) is 2.80. The minimum atomic E-state index is -0.0151. The summed E-state index contributed by atoms with van der Waals surface area (Å²) in [6.45, 7) is 0.165. The van der Waals surface area contributed by atoms with Crippen LogP contribution in [0.25, 0.3) is 21.8 Å². The summed E-state index contributed by atoms with van der Waals surface area (Å²) >= 11 is 0. The average Bonchev–Trinajstić information content (AvgIpc) is 2.83. The first-order valence-corrected chi connectivity index (χ1v) is 6.09. The van der Waals surface area contributed by atoms with Crippen LogP contribution >= 0.6 is 0 Å². The number of para-hydroxylation sites is 1. The van der Waals surface area contributed by atoms with Crippen molar-refractivity contribution >= 4 is 21.8 Å². The van der Waals surface area contributed by atoms with Gasteiger partial charge in [0.1, 0.15) is 5.75 Å². The fourth-order valence-corrected chi connectivity index (χ4v) is 2.30. The Morgan fingerprint density at radius 2 is 2.00 bits per heavy atom. The van der Waals surface area contributed by atoms with Gasteiger partial charge in [-0.25, -0.2) is 0 Å². The molecular formula is C15H15NO3. The molecule has 19 heavy (non-hydrogen) atoms. The molecule has 0 fully saturated rings. The van der Waals surface area contributed by atoms with E-state index in [1.54, 1.807) is 7.11 Å². The highest BCUT2D eigenvalue weighted by Gasteiger charge is 2.10. The molecule has 0 bridgehead atoms. The second-order valence-corrected chi connectivity index (χ2v) is 4.40. The minimum Gasteiger partial charge on any atom is -0.465 e. The molecule has 2 aromatic carbocycles. The maximum absolute atomic E-state index is 9.36. The van der Waals surface area contributed by atoms with Gasteiger partial charge >= 0.3 is 0 Å². The maximum atomic E-state index is 9.36. The van der Waals surface area contributed by atoms with E-state index < -0.39 is 0 Å². The van der Waals surface area contributed by atoms with Crippen LogP contribution in [-0.2, 0) is 11.3 Å². The fourth-order valence-electron chi connectivity index (χ4n) is 2.30. The summed E-state index contributed by atoms with van der Waals surface area (Å²) in [5.74, 6) is 0.694. The van der Waals surface area contributed by atoms with Gasteiger partial charge in [-0.1, -0.05) is 18.2 Å². The summed E-state index contributed by atoms with van der Waals surface area (Å²) in [6, 6.07) is 11.9. The lowest BCUT2D eigenvalue weighted by molar-refractivity contribution is 0.0520. The molecule has 1 heterocycles. The number of H-pyrrole nitrogens is 1. The lowest BCUT2D eigenvalue weighted by Gasteiger charge is -2.08. The molecule has 0 aliphatic rings. The zero-order valence-corrected chi connectivity index (χ0v) is 10.6. The zero-order chi connectivity index (χ0) is 13.2. The van der Waals surface area contributed by atoms with Crippen LogP contribution in [0.1, 0.15) is 5.56 Å². The third kappa shape index (κ3) is 2.05. The van der Waals surface area contributed by atoms with Crippen molar-refractivity contribution in [3.05, 3.63) is 42.0 Å². The molecule has 0 radical (unpaired) electrons. The third-order valence-corrected chi connectivity index (χ3v) is 3.15. The highest BCUT2D eigenvalue weighted by atomic mass is 16.7. The summed E-state index contributed by atoms with van der Waals surface area (Å²) < 4.78 is 10.5. The highest BCUT2D eigenvalue weighted by molar-refractivity contribution is 6.09. The monoisotopic (exact) mass is 257 g/mol. The summed E-state index contributed by atoms with van der Waals surface area (Å²) in [6.07, 6.45) is 0. The van der Waals surface area contributed by atoms with Crippen molar-refractivity contribution in [2.75, 3.05) is 13.9 Å². The molecule has 3 rings (SSSR count). The van der Waals surface area contributed by atoms with Gasteiger partial charge in [-0.3, -0.25) is 0 Å². The van der Waals surface area contributed by atoms with Gasteiger partial charge in [-0.15, -0.1) is 0 Å². The first-order chi connectivity index (χ1) is 9.33. The van der Waals surface area contributed by atoms with Crippen LogP contribution in [0.5, 0.6) is 5.75 Å². The van der Waals surface area contributed by atoms with Gasteiger partial charge in [-0.2, -0.15) is 0 Å². The Morgan fingerprint density at radius 1 is 1.16 bits per heavy atom. The van der Waals surface area contributed by atoms with Crippen LogP contribution in [-0.4, -0.2) is 24.0 Å². The molecule has 4 nitrogen and oxygen atoms in total. The largest absolute Gasteiger partial charge is 0.465 e. The molecule has 0 unspecified atom stereocenters. The van der Waals surface area contributed by atoms with Crippen molar-refractivity contribution in [1.29, 1.82) is 0 Å². The summed E-state index contributed by atoms with van der Waals surface area (Å²) in [4.78, 5) is 3.34. The average molecular weight is 257 g/mol. The minimum absolute atomic E-state index is 0.0151. The molecule has 0 saturated heterocycles. The Hall–Kier alpha value is -2.04. The summed E-state index contributed by atoms with van der Waals surface area (Å²) in [5, 5.41) is 11.5. The Morgan fingerprint density at radius 3 is 2.79 bits per heavy atom. The number of aliphatic hydroxyl groups excluding tert-OH is 1. The van der Waals surface area contributed by atoms with Gasteiger partial charge in [0.25, 0.3) is 0 Å². The van der Waals surface area contributed by atoms with E-state index in [0.717, 1.165) is 27.4 Å². The Labute approximate surface area is 110 Å². The highest BCUT2D eigenvalue weighted by Crippen LogP contribution is 2.33.